The number of carbonyl (C=O) groups excluding carboxylic acids is 6. The minimum absolute atomic E-state index is 0.0360. The fraction of sp³-hybridized carbons (Fsp3) is 0.657. The van der Waals surface area contributed by atoms with Crippen LogP contribution in [0.15, 0.2) is 30.3 Å². The molecule has 2 saturated heterocycles. The molecule has 0 saturated carbocycles. The number of esters is 4. The quantitative estimate of drug-likeness (QED) is 0.122. The monoisotopic (exact) mass is 770 g/mol. The molecule has 1 unspecified atom stereocenters. The van der Waals surface area contributed by atoms with Gasteiger partial charge in [-0.1, -0.05) is 44.2 Å². The average molecular weight is 771 g/mol. The molecule has 2 aliphatic rings. The van der Waals surface area contributed by atoms with E-state index in [0.717, 1.165) is 26.3 Å². The smallest absolute Gasteiger partial charge is 0.407 e. The van der Waals surface area contributed by atoms with Gasteiger partial charge in [-0.25, -0.2) is 9.59 Å². The molecule has 1 aromatic rings. The van der Waals surface area contributed by atoms with Crippen LogP contribution in [-0.2, 0) is 77.9 Å². The number of rotatable bonds is 18. The van der Waals surface area contributed by atoms with Crippen LogP contribution < -0.4 is 11.1 Å². The highest BCUT2D eigenvalue weighted by atomic mass is 16.8. The van der Waals surface area contributed by atoms with Crippen LogP contribution in [0.2, 0.25) is 0 Å². The summed E-state index contributed by atoms with van der Waals surface area (Å²) in [5.74, 6) is -3.51. The first-order valence-corrected chi connectivity index (χ1v) is 17.4. The standard InChI is InChI=1S/C35H50N2O17/c1-7-25-19(2)27(48-21(4)39)30(32(51-25)45-16-15-44-14-13-37-35(43)47-17-24-11-9-8-10-12-24)53-33-31(54-34(36)42)29(50-23(6)41)28(49-22(5)40)26(52-33)18-46-20(3)38/h8-12,19,25-33H,7,13-18H2,1-6H3,(H2,36,42)(H,37,43)/t19-,25+,26-,27+,28-,29+,30+,31+,32?,33-/m1/s1. The summed E-state index contributed by atoms with van der Waals surface area (Å²) >= 11 is 0. The van der Waals surface area contributed by atoms with E-state index in [0.29, 0.717) is 6.42 Å². The Hall–Kier alpha value is -4.56. The van der Waals surface area contributed by atoms with Crippen LogP contribution in [0.3, 0.4) is 0 Å². The van der Waals surface area contributed by atoms with Crippen molar-refractivity contribution in [1.82, 2.24) is 5.32 Å². The zero-order valence-corrected chi connectivity index (χ0v) is 31.1. The Morgan fingerprint density at radius 1 is 0.704 bits per heavy atom. The highest BCUT2D eigenvalue weighted by molar-refractivity contribution is 5.69. The number of amides is 2. The third-order valence-corrected chi connectivity index (χ3v) is 8.14. The van der Waals surface area contributed by atoms with Crippen LogP contribution in [0.4, 0.5) is 9.59 Å². The Morgan fingerprint density at radius 3 is 1.94 bits per heavy atom. The molecule has 2 heterocycles. The second-order valence-electron chi connectivity index (χ2n) is 12.4. The van der Waals surface area contributed by atoms with Gasteiger partial charge in [-0.3, -0.25) is 19.2 Å². The highest BCUT2D eigenvalue weighted by Crippen LogP contribution is 2.36. The summed E-state index contributed by atoms with van der Waals surface area (Å²) in [5.41, 5.74) is 6.23. The second-order valence-corrected chi connectivity index (χ2v) is 12.4. The van der Waals surface area contributed by atoms with Crippen molar-refractivity contribution in [2.45, 2.75) is 110 Å². The van der Waals surface area contributed by atoms with E-state index in [1.54, 1.807) is 6.92 Å². The van der Waals surface area contributed by atoms with E-state index in [1.165, 1.54) is 6.92 Å². The van der Waals surface area contributed by atoms with E-state index in [1.807, 2.05) is 37.3 Å². The largest absolute Gasteiger partial charge is 0.463 e. The van der Waals surface area contributed by atoms with Crippen molar-refractivity contribution in [1.29, 1.82) is 0 Å². The van der Waals surface area contributed by atoms with Crippen molar-refractivity contribution >= 4 is 36.1 Å². The van der Waals surface area contributed by atoms with Crippen LogP contribution in [-0.4, -0.2) is 124 Å². The van der Waals surface area contributed by atoms with Crippen molar-refractivity contribution in [3.05, 3.63) is 35.9 Å². The maximum absolute atomic E-state index is 12.4. The van der Waals surface area contributed by atoms with E-state index in [4.69, 9.17) is 57.8 Å². The zero-order valence-electron chi connectivity index (χ0n) is 31.1. The number of primary amides is 1. The molecule has 0 aliphatic carbocycles. The van der Waals surface area contributed by atoms with Gasteiger partial charge >= 0.3 is 36.1 Å². The first-order chi connectivity index (χ1) is 25.7. The lowest BCUT2D eigenvalue weighted by Crippen LogP contribution is -2.65. The van der Waals surface area contributed by atoms with E-state index in [-0.39, 0.29) is 33.0 Å². The molecule has 2 amide bonds. The summed E-state index contributed by atoms with van der Waals surface area (Å²) in [6, 6.07) is 9.20. The lowest BCUT2D eigenvalue weighted by Gasteiger charge is -2.48. The van der Waals surface area contributed by atoms with E-state index in [9.17, 15) is 28.8 Å². The second kappa shape index (κ2) is 22.0. The SMILES string of the molecule is CC[C@@H]1OC(OCCOCCNC(=O)OCc2ccccc2)[C@@H](O[C@H]2O[C@H](COC(C)=O)[C@@H](OC(C)=O)[C@H](OC(C)=O)[C@@H]2OC(N)=O)[C@@H](OC(C)=O)[C@@H]1C. The Morgan fingerprint density at radius 2 is 1.33 bits per heavy atom. The van der Waals surface area contributed by atoms with Crippen LogP contribution >= 0.6 is 0 Å². The normalized spacial score (nSPS) is 27.8. The van der Waals surface area contributed by atoms with Crippen LogP contribution in [0.5, 0.6) is 0 Å². The van der Waals surface area contributed by atoms with Crippen molar-refractivity contribution in [2.75, 3.05) is 33.0 Å². The third-order valence-electron chi connectivity index (χ3n) is 8.14. The fourth-order valence-corrected chi connectivity index (χ4v) is 5.87. The number of alkyl carbamates (subject to hydrolysis) is 1. The van der Waals surface area contributed by atoms with Crippen molar-refractivity contribution in [3.8, 4) is 0 Å². The predicted molar refractivity (Wildman–Crippen MR) is 181 cm³/mol. The van der Waals surface area contributed by atoms with Gasteiger partial charge in [0.25, 0.3) is 0 Å². The molecule has 1 aromatic carbocycles. The maximum Gasteiger partial charge on any atom is 0.407 e. The molecule has 302 valence electrons. The predicted octanol–water partition coefficient (Wildman–Crippen LogP) is 1.65. The first-order valence-electron chi connectivity index (χ1n) is 17.4. The molecular weight excluding hydrogens is 720 g/mol. The van der Waals surface area contributed by atoms with E-state index >= 15 is 0 Å². The summed E-state index contributed by atoms with van der Waals surface area (Å²) in [4.78, 5) is 72.7. The fourth-order valence-electron chi connectivity index (χ4n) is 5.87. The molecule has 2 fully saturated rings. The number of hydrogen-bond donors (Lipinski definition) is 2. The number of nitrogens with one attached hydrogen (secondary N) is 1. The zero-order chi connectivity index (χ0) is 39.8. The summed E-state index contributed by atoms with van der Waals surface area (Å²) < 4.78 is 62.5. The lowest BCUT2D eigenvalue weighted by atomic mass is 9.88. The number of hydrogen-bond acceptors (Lipinski definition) is 17. The molecule has 54 heavy (non-hydrogen) atoms. The van der Waals surface area contributed by atoms with Gasteiger partial charge in [0.15, 0.2) is 30.9 Å². The van der Waals surface area contributed by atoms with Crippen molar-refractivity contribution < 1.29 is 80.9 Å². The van der Waals surface area contributed by atoms with Crippen LogP contribution in [0.1, 0.15) is 53.5 Å². The van der Waals surface area contributed by atoms with Gasteiger partial charge in [0.1, 0.15) is 31.5 Å². The Bertz CT molecular complexity index is 1400. The summed E-state index contributed by atoms with van der Waals surface area (Å²) in [7, 11) is 0. The number of benzene rings is 1. The van der Waals surface area contributed by atoms with Gasteiger partial charge in [-0.05, 0) is 12.0 Å². The summed E-state index contributed by atoms with van der Waals surface area (Å²) in [6.07, 6.45) is -13.2. The number of nitrogens with two attached hydrogens (primary N) is 1. The van der Waals surface area contributed by atoms with Gasteiger partial charge in [-0.2, -0.15) is 0 Å². The lowest BCUT2D eigenvalue weighted by molar-refractivity contribution is -0.362. The molecule has 0 spiro atoms. The molecule has 3 N–H and O–H groups in total. The number of carbonyl (C=O) groups is 6. The van der Waals surface area contributed by atoms with Crippen molar-refractivity contribution in [3.63, 3.8) is 0 Å². The molecule has 2 aliphatic heterocycles. The summed E-state index contributed by atoms with van der Waals surface area (Å²) in [6.45, 7) is 7.98. The molecule has 3 rings (SSSR count). The molecule has 0 radical (unpaired) electrons. The minimum Gasteiger partial charge on any atom is -0.463 e. The van der Waals surface area contributed by atoms with E-state index < -0.39 is 104 Å². The van der Waals surface area contributed by atoms with Gasteiger partial charge in [-0.15, -0.1) is 0 Å². The molecule has 0 bridgehead atoms. The molecule has 19 heteroatoms. The maximum atomic E-state index is 12.4. The van der Waals surface area contributed by atoms with Crippen LogP contribution in [0.25, 0.3) is 0 Å². The van der Waals surface area contributed by atoms with Crippen LogP contribution in [0, 0.1) is 5.92 Å². The van der Waals surface area contributed by atoms with Gasteiger partial charge < -0.3 is 63.2 Å². The topological polar surface area (TPSA) is 242 Å². The summed E-state index contributed by atoms with van der Waals surface area (Å²) in [5, 5.41) is 2.59. The molecular formula is C35H50N2O17. The average Bonchev–Trinajstić information content (AvgIpc) is 3.10. The molecule has 19 nitrogen and oxygen atoms in total. The highest BCUT2D eigenvalue weighted by Gasteiger charge is 2.56. The molecule has 0 aromatic heterocycles. The Kier molecular flexibility index (Phi) is 17.8. The third kappa shape index (κ3) is 14.0. The number of ether oxygens (including phenoxy) is 11. The first kappa shape index (κ1) is 43.8. The molecule has 10 atom stereocenters. The minimum atomic E-state index is -1.68. The van der Waals surface area contributed by atoms with Crippen molar-refractivity contribution in [2.24, 2.45) is 11.7 Å². The van der Waals surface area contributed by atoms with E-state index in [2.05, 4.69) is 5.32 Å². The van der Waals surface area contributed by atoms with Gasteiger partial charge in [0.05, 0.1) is 25.9 Å². The Balaban J connectivity index is 1.78. The van der Waals surface area contributed by atoms with Gasteiger partial charge in [0.2, 0.25) is 0 Å². The van der Waals surface area contributed by atoms with Gasteiger partial charge in [0, 0.05) is 40.2 Å². The Labute approximate surface area is 312 Å².